The van der Waals surface area contributed by atoms with Gasteiger partial charge in [0.25, 0.3) is 0 Å². The van der Waals surface area contributed by atoms with Crippen LogP contribution in [0.5, 0.6) is 0 Å². The molecular formula is C19H44N2OSi2. The summed E-state index contributed by atoms with van der Waals surface area (Å²) in [4.78, 5) is 2.69. The second-order valence-electron chi connectivity index (χ2n) is 8.81. The van der Waals surface area contributed by atoms with Crippen LogP contribution in [-0.2, 0) is 4.43 Å². The van der Waals surface area contributed by atoms with Crippen molar-refractivity contribution in [2.24, 2.45) is 0 Å². The average molecular weight is 373 g/mol. The molecule has 1 rings (SSSR count). The minimum Gasteiger partial charge on any atom is -0.422 e. The molecule has 1 aliphatic rings. The standard InChI is InChI=1S/C19H44N2OSi2/c1-16(2)22-23-15-9-10-20-11-13-21(14-12-20)24(17(3)4,18(5)6)19(7)8/h16-19H,9-15,23H2,1-8H3. The summed E-state index contributed by atoms with van der Waals surface area (Å²) < 4.78 is 8.75. The summed E-state index contributed by atoms with van der Waals surface area (Å²) in [6.45, 7) is 25.6. The summed E-state index contributed by atoms with van der Waals surface area (Å²) in [5.74, 6) is 0. The van der Waals surface area contributed by atoms with Gasteiger partial charge in [-0.2, -0.15) is 0 Å². The zero-order chi connectivity index (χ0) is 18.3. The molecule has 0 aromatic carbocycles. The minimum atomic E-state index is -1.42. The second-order valence-corrected chi connectivity index (χ2v) is 16.1. The van der Waals surface area contributed by atoms with Gasteiger partial charge in [0.05, 0.1) is 0 Å². The number of hydrogen-bond donors (Lipinski definition) is 0. The molecule has 144 valence electrons. The summed E-state index contributed by atoms with van der Waals surface area (Å²) in [6, 6.07) is 1.33. The van der Waals surface area contributed by atoms with Crippen LogP contribution in [0.4, 0.5) is 0 Å². The van der Waals surface area contributed by atoms with Crippen molar-refractivity contribution >= 4 is 18.0 Å². The van der Waals surface area contributed by atoms with Crippen molar-refractivity contribution in [2.45, 2.75) is 90.6 Å². The Hall–Kier alpha value is 0.314. The first-order valence-corrected chi connectivity index (χ1v) is 14.1. The number of piperazine rings is 1. The van der Waals surface area contributed by atoms with E-state index in [4.69, 9.17) is 4.43 Å². The topological polar surface area (TPSA) is 15.7 Å². The summed E-state index contributed by atoms with van der Waals surface area (Å²) in [7, 11) is -1.70. The van der Waals surface area contributed by atoms with E-state index in [1.54, 1.807) is 0 Å². The van der Waals surface area contributed by atoms with Crippen LogP contribution in [-0.4, -0.2) is 66.3 Å². The van der Waals surface area contributed by atoms with Crippen molar-refractivity contribution in [2.75, 3.05) is 32.7 Å². The van der Waals surface area contributed by atoms with Crippen LogP contribution in [0.15, 0.2) is 0 Å². The monoisotopic (exact) mass is 372 g/mol. The molecule has 0 spiro atoms. The zero-order valence-corrected chi connectivity index (χ0v) is 20.2. The van der Waals surface area contributed by atoms with Gasteiger partial charge in [0, 0.05) is 32.3 Å². The Balaban J connectivity index is 2.48. The van der Waals surface area contributed by atoms with Gasteiger partial charge in [0.2, 0.25) is 0 Å². The summed E-state index contributed by atoms with van der Waals surface area (Å²) in [6.07, 6.45) is 1.77. The van der Waals surface area contributed by atoms with Crippen molar-refractivity contribution < 1.29 is 4.43 Å². The maximum Gasteiger partial charge on any atom is 0.161 e. The van der Waals surface area contributed by atoms with Crippen molar-refractivity contribution in [3.8, 4) is 0 Å². The van der Waals surface area contributed by atoms with Gasteiger partial charge < -0.3 is 13.9 Å². The summed E-state index contributed by atoms with van der Waals surface area (Å²) in [5.41, 5.74) is 2.51. The molecule has 0 aromatic heterocycles. The third kappa shape index (κ3) is 5.66. The maximum absolute atomic E-state index is 5.79. The largest absolute Gasteiger partial charge is 0.422 e. The molecule has 5 heteroatoms. The molecule has 0 saturated carbocycles. The molecule has 1 fully saturated rings. The van der Waals surface area contributed by atoms with E-state index in [2.05, 4.69) is 64.9 Å². The van der Waals surface area contributed by atoms with Crippen molar-refractivity contribution in [3.05, 3.63) is 0 Å². The predicted molar refractivity (Wildman–Crippen MR) is 113 cm³/mol. The van der Waals surface area contributed by atoms with Gasteiger partial charge in [0.15, 0.2) is 9.76 Å². The molecule has 0 aliphatic carbocycles. The van der Waals surface area contributed by atoms with Gasteiger partial charge in [0.1, 0.15) is 8.24 Å². The van der Waals surface area contributed by atoms with Gasteiger partial charge in [-0.15, -0.1) is 0 Å². The Morgan fingerprint density at radius 1 is 0.833 bits per heavy atom. The van der Waals surface area contributed by atoms with E-state index in [0.717, 1.165) is 16.6 Å². The van der Waals surface area contributed by atoms with Crippen LogP contribution >= 0.6 is 0 Å². The molecule has 0 radical (unpaired) electrons. The molecule has 0 N–H and O–H groups in total. The smallest absolute Gasteiger partial charge is 0.161 e. The molecule has 0 atom stereocenters. The lowest BCUT2D eigenvalue weighted by Crippen LogP contribution is -2.65. The number of hydrogen-bond acceptors (Lipinski definition) is 3. The third-order valence-electron chi connectivity index (χ3n) is 6.01. The number of nitrogens with zero attached hydrogens (tertiary/aromatic N) is 2. The molecular weight excluding hydrogens is 328 g/mol. The molecule has 0 bridgehead atoms. The van der Waals surface area contributed by atoms with Gasteiger partial charge in [-0.3, -0.25) is 0 Å². The van der Waals surface area contributed by atoms with Crippen molar-refractivity contribution in [3.63, 3.8) is 0 Å². The van der Waals surface area contributed by atoms with Crippen molar-refractivity contribution in [1.29, 1.82) is 0 Å². The van der Waals surface area contributed by atoms with E-state index in [-0.39, 0.29) is 9.76 Å². The lowest BCUT2D eigenvalue weighted by atomic mass is 10.3. The number of rotatable bonds is 10. The highest BCUT2D eigenvalue weighted by Crippen LogP contribution is 2.44. The minimum absolute atomic E-state index is 0.278. The van der Waals surface area contributed by atoms with Crippen molar-refractivity contribution in [1.82, 2.24) is 9.47 Å². The molecule has 1 saturated heterocycles. The molecule has 24 heavy (non-hydrogen) atoms. The van der Waals surface area contributed by atoms with E-state index >= 15 is 0 Å². The normalized spacial score (nSPS) is 19.0. The molecule has 1 heterocycles. The molecule has 3 nitrogen and oxygen atoms in total. The fraction of sp³-hybridized carbons (Fsp3) is 1.00. The van der Waals surface area contributed by atoms with Gasteiger partial charge in [-0.1, -0.05) is 41.5 Å². The molecule has 0 aromatic rings. The molecule has 0 unspecified atom stereocenters. The summed E-state index contributed by atoms with van der Waals surface area (Å²) >= 11 is 0. The third-order valence-corrected chi connectivity index (χ3v) is 14.8. The van der Waals surface area contributed by atoms with Gasteiger partial charge >= 0.3 is 0 Å². The van der Waals surface area contributed by atoms with Crippen LogP contribution < -0.4 is 0 Å². The second kappa shape index (κ2) is 10.5. The zero-order valence-electron chi connectivity index (χ0n) is 17.8. The first-order valence-electron chi connectivity index (χ1n) is 10.3. The molecule has 1 aliphatic heterocycles. The Morgan fingerprint density at radius 2 is 1.33 bits per heavy atom. The first kappa shape index (κ1) is 22.4. The Bertz CT molecular complexity index is 318. The fourth-order valence-corrected chi connectivity index (χ4v) is 13.4. The van der Waals surface area contributed by atoms with E-state index in [0.29, 0.717) is 6.10 Å². The van der Waals surface area contributed by atoms with Gasteiger partial charge in [-0.05, 0) is 49.5 Å². The first-order chi connectivity index (χ1) is 11.2. The van der Waals surface area contributed by atoms with E-state index in [1.807, 2.05) is 0 Å². The molecule has 0 amide bonds. The highest BCUT2D eigenvalue weighted by molar-refractivity contribution is 6.81. The van der Waals surface area contributed by atoms with Crippen LogP contribution in [0, 0.1) is 0 Å². The highest BCUT2D eigenvalue weighted by Gasteiger charge is 2.48. The highest BCUT2D eigenvalue weighted by atomic mass is 28.3. The Kier molecular flexibility index (Phi) is 9.74. The maximum atomic E-state index is 5.79. The fourth-order valence-electron chi connectivity index (χ4n) is 5.21. The van der Waals surface area contributed by atoms with Gasteiger partial charge in [-0.25, -0.2) is 0 Å². The Morgan fingerprint density at radius 3 is 1.75 bits per heavy atom. The SMILES string of the molecule is CC(C)O[SiH2]CCCN1CCN([Si](C(C)C)(C(C)C)C(C)C)CC1. The average Bonchev–Trinajstić information content (AvgIpc) is 2.47. The predicted octanol–water partition coefficient (Wildman–Crippen LogP) is 4.10. The van der Waals surface area contributed by atoms with Crippen LogP contribution in [0.1, 0.15) is 61.8 Å². The lowest BCUT2D eigenvalue weighted by Gasteiger charge is -2.53. The van der Waals surface area contributed by atoms with Crippen LogP contribution in [0.3, 0.4) is 0 Å². The van der Waals surface area contributed by atoms with E-state index < -0.39 is 8.24 Å². The summed E-state index contributed by atoms with van der Waals surface area (Å²) in [5, 5.41) is 0. The van der Waals surface area contributed by atoms with Crippen LogP contribution in [0.25, 0.3) is 0 Å². The van der Waals surface area contributed by atoms with E-state index in [9.17, 15) is 0 Å². The Labute approximate surface area is 155 Å². The lowest BCUT2D eigenvalue weighted by molar-refractivity contribution is 0.177. The van der Waals surface area contributed by atoms with Crippen LogP contribution in [0.2, 0.25) is 22.7 Å². The van der Waals surface area contributed by atoms with E-state index in [1.165, 1.54) is 45.2 Å². The quantitative estimate of drug-likeness (QED) is 0.424.